The van der Waals surface area contributed by atoms with E-state index in [9.17, 15) is 4.39 Å². The second-order valence-corrected chi connectivity index (χ2v) is 6.74. The second-order valence-electron chi connectivity index (χ2n) is 6.74. The maximum absolute atomic E-state index is 13.7. The highest BCUT2D eigenvalue weighted by Gasteiger charge is 2.17. The summed E-state index contributed by atoms with van der Waals surface area (Å²) in [5.74, 6) is 1.74. The molecule has 0 amide bonds. The van der Waals surface area contributed by atoms with Crippen LogP contribution in [0.2, 0.25) is 0 Å². The number of hydrogen-bond donors (Lipinski definition) is 2. The van der Waals surface area contributed by atoms with E-state index >= 15 is 0 Å². The van der Waals surface area contributed by atoms with Gasteiger partial charge in [0.05, 0.1) is 6.20 Å². The van der Waals surface area contributed by atoms with Crippen LogP contribution in [-0.4, -0.2) is 52.6 Å². The highest BCUT2D eigenvalue weighted by atomic mass is 19.1. The van der Waals surface area contributed by atoms with Crippen LogP contribution in [0, 0.1) is 5.82 Å². The van der Waals surface area contributed by atoms with Crippen molar-refractivity contribution in [2.45, 2.75) is 18.9 Å². The highest BCUT2D eigenvalue weighted by molar-refractivity contribution is 5.62. The molecule has 0 bridgehead atoms. The van der Waals surface area contributed by atoms with E-state index in [1.165, 1.54) is 12.3 Å². The first kappa shape index (κ1) is 16.7. The Morgan fingerprint density at radius 3 is 2.96 bits per heavy atom. The van der Waals surface area contributed by atoms with Crippen molar-refractivity contribution in [3.63, 3.8) is 0 Å². The molecule has 1 unspecified atom stereocenters. The van der Waals surface area contributed by atoms with E-state index in [0.717, 1.165) is 37.6 Å². The summed E-state index contributed by atoms with van der Waals surface area (Å²) < 4.78 is 15.4. The fraction of sp³-hybridized carbons (Fsp3) is 0.389. The van der Waals surface area contributed by atoms with Gasteiger partial charge in [0, 0.05) is 38.9 Å². The molecule has 1 aliphatic rings. The van der Waals surface area contributed by atoms with E-state index in [-0.39, 0.29) is 5.82 Å². The Morgan fingerprint density at radius 2 is 2.19 bits per heavy atom. The summed E-state index contributed by atoms with van der Waals surface area (Å²) in [6, 6.07) is 5.30. The van der Waals surface area contributed by atoms with Gasteiger partial charge in [-0.25, -0.2) is 19.3 Å². The Labute approximate surface area is 151 Å². The molecule has 0 aliphatic carbocycles. The molecule has 1 saturated heterocycles. The molecule has 0 saturated carbocycles. The molecule has 4 rings (SSSR count). The van der Waals surface area contributed by atoms with Crippen LogP contribution >= 0.6 is 0 Å². The smallest absolute Gasteiger partial charge is 0.182 e. The summed E-state index contributed by atoms with van der Waals surface area (Å²) in [7, 11) is 3.87. The monoisotopic (exact) mass is 355 g/mol. The van der Waals surface area contributed by atoms with Crippen molar-refractivity contribution >= 4 is 17.3 Å². The molecule has 3 aromatic rings. The Balaban J connectivity index is 1.75. The molecule has 1 fully saturated rings. The van der Waals surface area contributed by atoms with Gasteiger partial charge in [-0.3, -0.25) is 4.40 Å². The van der Waals surface area contributed by atoms with E-state index in [0.29, 0.717) is 23.2 Å². The third kappa shape index (κ3) is 3.32. The number of anilines is 2. The van der Waals surface area contributed by atoms with Gasteiger partial charge in [-0.2, -0.15) is 0 Å². The van der Waals surface area contributed by atoms with E-state index in [2.05, 4.69) is 25.6 Å². The molecule has 0 spiro atoms. The number of aromatic nitrogens is 4. The summed E-state index contributed by atoms with van der Waals surface area (Å²) in [4.78, 5) is 15.6. The fourth-order valence-electron chi connectivity index (χ4n) is 3.16. The zero-order chi connectivity index (χ0) is 18.1. The molecular weight excluding hydrogens is 333 g/mol. The van der Waals surface area contributed by atoms with Gasteiger partial charge < -0.3 is 15.5 Å². The van der Waals surface area contributed by atoms with Gasteiger partial charge in [0.25, 0.3) is 0 Å². The summed E-state index contributed by atoms with van der Waals surface area (Å²) >= 11 is 0. The first-order valence-electron chi connectivity index (χ1n) is 8.77. The van der Waals surface area contributed by atoms with Crippen LogP contribution in [-0.2, 0) is 0 Å². The lowest BCUT2D eigenvalue weighted by Crippen LogP contribution is -2.38. The topological polar surface area (TPSA) is 70.4 Å². The Morgan fingerprint density at radius 1 is 1.31 bits per heavy atom. The van der Waals surface area contributed by atoms with Gasteiger partial charge in [0.1, 0.15) is 28.8 Å². The van der Waals surface area contributed by atoms with E-state index in [1.54, 1.807) is 16.7 Å². The summed E-state index contributed by atoms with van der Waals surface area (Å²) in [5.41, 5.74) is 1.32. The van der Waals surface area contributed by atoms with Crippen molar-refractivity contribution in [2.24, 2.45) is 0 Å². The molecule has 2 N–H and O–H groups in total. The Hall–Kier alpha value is -2.74. The minimum atomic E-state index is -0.327. The molecule has 0 aromatic carbocycles. The van der Waals surface area contributed by atoms with Gasteiger partial charge in [-0.1, -0.05) is 0 Å². The number of nitrogens with one attached hydrogen (secondary N) is 2. The lowest BCUT2D eigenvalue weighted by molar-refractivity contribution is 0.479. The number of fused-ring (bicyclic) bond motifs is 1. The maximum Gasteiger partial charge on any atom is 0.182 e. The fourth-order valence-corrected chi connectivity index (χ4v) is 3.16. The van der Waals surface area contributed by atoms with Crippen molar-refractivity contribution in [2.75, 3.05) is 37.4 Å². The normalized spacial score (nSPS) is 17.4. The lowest BCUT2D eigenvalue weighted by atomic mass is 10.1. The first-order valence-corrected chi connectivity index (χ1v) is 8.77. The molecule has 136 valence electrons. The van der Waals surface area contributed by atoms with Crippen molar-refractivity contribution in [1.82, 2.24) is 24.7 Å². The minimum absolute atomic E-state index is 0.327. The molecule has 7 nitrogen and oxygen atoms in total. The van der Waals surface area contributed by atoms with Crippen molar-refractivity contribution in [1.29, 1.82) is 0 Å². The average molecular weight is 355 g/mol. The highest BCUT2D eigenvalue weighted by Crippen LogP contribution is 2.24. The lowest BCUT2D eigenvalue weighted by Gasteiger charge is -2.25. The number of hydrogen-bond acceptors (Lipinski definition) is 6. The first-order chi connectivity index (χ1) is 12.6. The number of rotatable bonds is 4. The summed E-state index contributed by atoms with van der Waals surface area (Å²) in [5, 5.41) is 6.89. The molecule has 1 atom stereocenters. The predicted molar refractivity (Wildman–Crippen MR) is 100 cm³/mol. The number of pyridine rings is 1. The molecule has 0 radical (unpaired) electrons. The Bertz CT molecular complexity index is 915. The number of imidazole rings is 1. The van der Waals surface area contributed by atoms with Gasteiger partial charge >= 0.3 is 0 Å². The quantitative estimate of drug-likeness (QED) is 0.747. The predicted octanol–water partition coefficient (Wildman–Crippen LogP) is 2.16. The minimum Gasteiger partial charge on any atom is -0.366 e. The third-order valence-corrected chi connectivity index (χ3v) is 4.52. The van der Waals surface area contributed by atoms with Crippen LogP contribution in [0.5, 0.6) is 0 Å². The van der Waals surface area contributed by atoms with Crippen molar-refractivity contribution < 1.29 is 4.39 Å². The van der Waals surface area contributed by atoms with Crippen LogP contribution in [0.25, 0.3) is 17.2 Å². The molecule has 4 heterocycles. The summed E-state index contributed by atoms with van der Waals surface area (Å²) in [6.45, 7) is 1.97. The molecule has 1 aliphatic heterocycles. The van der Waals surface area contributed by atoms with Crippen LogP contribution in [0.15, 0.2) is 30.6 Å². The van der Waals surface area contributed by atoms with E-state index in [1.807, 2.05) is 25.1 Å². The third-order valence-electron chi connectivity index (χ3n) is 4.52. The SMILES string of the molecule is CN(C)c1cc(NC2CCCNC2)nc(-c2cnc3ccc(F)cn23)n1. The molecule has 8 heteroatoms. The van der Waals surface area contributed by atoms with E-state index < -0.39 is 0 Å². The van der Waals surface area contributed by atoms with Gasteiger partial charge in [0.2, 0.25) is 0 Å². The number of halogens is 1. The molecule has 26 heavy (non-hydrogen) atoms. The van der Waals surface area contributed by atoms with Crippen molar-refractivity contribution in [3.05, 3.63) is 36.4 Å². The zero-order valence-electron chi connectivity index (χ0n) is 14.9. The van der Waals surface area contributed by atoms with Crippen LogP contribution in [0.1, 0.15) is 12.8 Å². The maximum atomic E-state index is 13.7. The van der Waals surface area contributed by atoms with Crippen LogP contribution in [0.4, 0.5) is 16.0 Å². The largest absolute Gasteiger partial charge is 0.366 e. The number of nitrogens with zero attached hydrogens (tertiary/aromatic N) is 5. The van der Waals surface area contributed by atoms with Gasteiger partial charge in [-0.05, 0) is 31.5 Å². The van der Waals surface area contributed by atoms with Gasteiger partial charge in [-0.15, -0.1) is 0 Å². The molecular formula is C18H22FN7. The Kier molecular flexibility index (Phi) is 4.42. The average Bonchev–Trinajstić information content (AvgIpc) is 3.05. The van der Waals surface area contributed by atoms with E-state index in [4.69, 9.17) is 0 Å². The standard InChI is InChI=1S/C18H22FN7/c1-25(2)17-8-15(22-13-4-3-7-20-9-13)23-18(24-17)14-10-21-16-6-5-12(19)11-26(14)16/h5-6,8,10-11,13,20H,3-4,7,9H2,1-2H3,(H,22,23,24). The van der Waals surface area contributed by atoms with Crippen molar-refractivity contribution in [3.8, 4) is 11.5 Å². The second kappa shape index (κ2) is 6.87. The molecule has 3 aromatic heterocycles. The summed E-state index contributed by atoms with van der Waals surface area (Å²) in [6.07, 6.45) is 5.32. The zero-order valence-corrected chi connectivity index (χ0v) is 14.9. The number of piperidine rings is 1. The van der Waals surface area contributed by atoms with Gasteiger partial charge in [0.15, 0.2) is 5.82 Å². The van der Waals surface area contributed by atoms with Crippen LogP contribution < -0.4 is 15.5 Å². The van der Waals surface area contributed by atoms with Crippen LogP contribution in [0.3, 0.4) is 0 Å².